The van der Waals surface area contributed by atoms with Gasteiger partial charge in [-0.15, -0.1) is 0 Å². The minimum atomic E-state index is 0.0854. The van der Waals surface area contributed by atoms with E-state index in [1.807, 2.05) is 30.3 Å². The van der Waals surface area contributed by atoms with Gasteiger partial charge in [0.1, 0.15) is 0 Å². The van der Waals surface area contributed by atoms with Gasteiger partial charge in [-0.25, -0.2) is 0 Å². The highest BCUT2D eigenvalue weighted by atomic mass is 79.9. The van der Waals surface area contributed by atoms with Gasteiger partial charge in [0, 0.05) is 17.4 Å². The van der Waals surface area contributed by atoms with Crippen LogP contribution in [0, 0.1) is 6.92 Å². The van der Waals surface area contributed by atoms with Gasteiger partial charge in [0.25, 0.3) is 0 Å². The fraction of sp³-hybridized carbons (Fsp3) is 0.235. The third-order valence-corrected chi connectivity index (χ3v) is 3.93. The number of hydrogen-bond acceptors (Lipinski definition) is 1. The van der Waals surface area contributed by atoms with E-state index < -0.39 is 0 Å². The quantitative estimate of drug-likeness (QED) is 0.881. The largest absolute Gasteiger partial charge is 0.352 e. The summed E-state index contributed by atoms with van der Waals surface area (Å²) in [6.07, 6.45) is 1.30. The molecule has 0 aliphatic heterocycles. The molecule has 0 heterocycles. The van der Waals surface area contributed by atoms with Gasteiger partial charge in [0.05, 0.1) is 0 Å². The lowest BCUT2D eigenvalue weighted by Crippen LogP contribution is -2.23. The van der Waals surface area contributed by atoms with E-state index in [-0.39, 0.29) is 5.91 Å². The lowest BCUT2D eigenvalue weighted by Gasteiger charge is -2.07. The molecule has 0 bridgehead atoms. The highest BCUT2D eigenvalue weighted by Gasteiger charge is 2.04. The first-order valence-electron chi connectivity index (χ1n) is 6.71. The fourth-order valence-corrected chi connectivity index (χ4v) is 2.47. The Balaban J connectivity index is 1.80. The summed E-state index contributed by atoms with van der Waals surface area (Å²) in [5.74, 6) is 0.0854. The molecule has 0 unspecified atom stereocenters. The summed E-state index contributed by atoms with van der Waals surface area (Å²) in [4.78, 5) is 11.9. The van der Waals surface area contributed by atoms with Crippen LogP contribution in [0.3, 0.4) is 0 Å². The number of carbonyl (C=O) groups is 1. The van der Waals surface area contributed by atoms with E-state index >= 15 is 0 Å². The molecule has 3 heteroatoms. The van der Waals surface area contributed by atoms with Crippen molar-refractivity contribution in [1.29, 1.82) is 0 Å². The minimum absolute atomic E-state index is 0.0854. The van der Waals surface area contributed by atoms with Crippen molar-refractivity contribution in [3.63, 3.8) is 0 Å². The molecule has 2 aromatic carbocycles. The first-order chi connectivity index (χ1) is 9.65. The van der Waals surface area contributed by atoms with Crippen molar-refractivity contribution in [3.05, 3.63) is 69.7 Å². The standard InChI is InChI=1S/C17H18BrNO/c1-13-5-4-6-14(11-13)9-10-17(20)19-12-15-7-2-3-8-16(15)18/h2-8,11H,9-10,12H2,1H3,(H,19,20). The van der Waals surface area contributed by atoms with Crippen LogP contribution in [-0.2, 0) is 17.8 Å². The van der Waals surface area contributed by atoms with Gasteiger partial charge in [-0.3, -0.25) is 4.79 Å². The lowest BCUT2D eigenvalue weighted by molar-refractivity contribution is -0.121. The average molecular weight is 332 g/mol. The van der Waals surface area contributed by atoms with Crippen molar-refractivity contribution in [3.8, 4) is 0 Å². The Morgan fingerprint density at radius 3 is 2.70 bits per heavy atom. The second-order valence-corrected chi connectivity index (χ2v) is 5.71. The van der Waals surface area contributed by atoms with E-state index in [1.165, 1.54) is 11.1 Å². The summed E-state index contributed by atoms with van der Waals surface area (Å²) in [6, 6.07) is 16.2. The zero-order valence-corrected chi connectivity index (χ0v) is 13.1. The van der Waals surface area contributed by atoms with E-state index in [1.54, 1.807) is 0 Å². The zero-order valence-electron chi connectivity index (χ0n) is 11.5. The van der Waals surface area contributed by atoms with E-state index in [0.717, 1.165) is 16.5 Å². The molecule has 2 nitrogen and oxygen atoms in total. The van der Waals surface area contributed by atoms with E-state index in [0.29, 0.717) is 13.0 Å². The number of amides is 1. The highest BCUT2D eigenvalue weighted by Crippen LogP contribution is 2.15. The highest BCUT2D eigenvalue weighted by molar-refractivity contribution is 9.10. The number of aryl methyl sites for hydroxylation is 2. The van der Waals surface area contributed by atoms with Crippen LogP contribution < -0.4 is 5.32 Å². The molecular weight excluding hydrogens is 314 g/mol. The molecular formula is C17H18BrNO. The van der Waals surface area contributed by atoms with Crippen LogP contribution in [0.4, 0.5) is 0 Å². The van der Waals surface area contributed by atoms with Crippen molar-refractivity contribution < 1.29 is 4.79 Å². The van der Waals surface area contributed by atoms with E-state index in [4.69, 9.17) is 0 Å². The number of hydrogen-bond donors (Lipinski definition) is 1. The maximum Gasteiger partial charge on any atom is 0.220 e. The topological polar surface area (TPSA) is 29.1 Å². The molecule has 0 spiro atoms. The predicted octanol–water partition coefficient (Wildman–Crippen LogP) is 4.01. The molecule has 104 valence electrons. The van der Waals surface area contributed by atoms with Crippen LogP contribution in [0.15, 0.2) is 53.0 Å². The normalized spacial score (nSPS) is 10.3. The molecule has 0 saturated heterocycles. The van der Waals surface area contributed by atoms with Crippen LogP contribution in [0.1, 0.15) is 23.1 Å². The number of nitrogens with one attached hydrogen (secondary N) is 1. The summed E-state index contributed by atoms with van der Waals surface area (Å²) in [5.41, 5.74) is 3.54. The lowest BCUT2D eigenvalue weighted by atomic mass is 10.1. The van der Waals surface area contributed by atoms with Crippen LogP contribution in [0.5, 0.6) is 0 Å². The maximum atomic E-state index is 11.9. The van der Waals surface area contributed by atoms with Crippen LogP contribution in [0.2, 0.25) is 0 Å². The van der Waals surface area contributed by atoms with Gasteiger partial charge in [0.15, 0.2) is 0 Å². The third-order valence-electron chi connectivity index (χ3n) is 3.16. The Bertz CT molecular complexity index is 595. The van der Waals surface area contributed by atoms with Gasteiger partial charge >= 0.3 is 0 Å². The molecule has 2 aromatic rings. The van der Waals surface area contributed by atoms with Crippen molar-refractivity contribution in [2.75, 3.05) is 0 Å². The Morgan fingerprint density at radius 1 is 1.15 bits per heavy atom. The molecule has 1 N–H and O–H groups in total. The SMILES string of the molecule is Cc1cccc(CCC(=O)NCc2ccccc2Br)c1. The molecule has 0 aromatic heterocycles. The first kappa shape index (κ1) is 14.8. The average Bonchev–Trinajstić information content (AvgIpc) is 2.44. The Hall–Kier alpha value is -1.61. The Labute approximate surface area is 128 Å². The molecule has 0 saturated carbocycles. The smallest absolute Gasteiger partial charge is 0.220 e. The van der Waals surface area contributed by atoms with Crippen LogP contribution >= 0.6 is 15.9 Å². The van der Waals surface area contributed by atoms with Gasteiger partial charge in [-0.1, -0.05) is 64.0 Å². The number of halogens is 1. The summed E-state index contributed by atoms with van der Waals surface area (Å²) in [7, 11) is 0. The monoisotopic (exact) mass is 331 g/mol. The van der Waals surface area contributed by atoms with Crippen molar-refractivity contribution in [1.82, 2.24) is 5.32 Å². The third kappa shape index (κ3) is 4.49. The summed E-state index contributed by atoms with van der Waals surface area (Å²) >= 11 is 3.48. The van der Waals surface area contributed by atoms with Crippen LogP contribution in [-0.4, -0.2) is 5.91 Å². The van der Waals surface area contributed by atoms with E-state index in [2.05, 4.69) is 46.4 Å². The number of carbonyl (C=O) groups excluding carboxylic acids is 1. The van der Waals surface area contributed by atoms with E-state index in [9.17, 15) is 4.79 Å². The maximum absolute atomic E-state index is 11.9. The summed E-state index contributed by atoms with van der Waals surface area (Å²) in [6.45, 7) is 2.63. The molecule has 1 amide bonds. The van der Waals surface area contributed by atoms with Crippen molar-refractivity contribution >= 4 is 21.8 Å². The number of rotatable bonds is 5. The minimum Gasteiger partial charge on any atom is -0.352 e. The molecule has 0 aliphatic rings. The molecule has 0 radical (unpaired) electrons. The molecule has 0 fully saturated rings. The summed E-state index contributed by atoms with van der Waals surface area (Å²) in [5, 5.41) is 2.96. The van der Waals surface area contributed by atoms with Crippen molar-refractivity contribution in [2.24, 2.45) is 0 Å². The van der Waals surface area contributed by atoms with Gasteiger partial charge in [0.2, 0.25) is 5.91 Å². The predicted molar refractivity (Wildman–Crippen MR) is 85.5 cm³/mol. The molecule has 0 atom stereocenters. The van der Waals surface area contributed by atoms with Crippen LogP contribution in [0.25, 0.3) is 0 Å². The van der Waals surface area contributed by atoms with Gasteiger partial charge in [-0.2, -0.15) is 0 Å². The van der Waals surface area contributed by atoms with Gasteiger partial charge < -0.3 is 5.32 Å². The second-order valence-electron chi connectivity index (χ2n) is 4.86. The zero-order chi connectivity index (χ0) is 14.4. The fourth-order valence-electron chi connectivity index (χ4n) is 2.05. The second kappa shape index (κ2) is 7.25. The Morgan fingerprint density at radius 2 is 1.95 bits per heavy atom. The first-order valence-corrected chi connectivity index (χ1v) is 7.50. The Kier molecular flexibility index (Phi) is 5.36. The molecule has 20 heavy (non-hydrogen) atoms. The number of benzene rings is 2. The van der Waals surface area contributed by atoms with Gasteiger partial charge in [-0.05, 0) is 30.5 Å². The summed E-state index contributed by atoms with van der Waals surface area (Å²) < 4.78 is 1.03. The van der Waals surface area contributed by atoms with Crippen molar-refractivity contribution in [2.45, 2.75) is 26.3 Å². The molecule has 0 aliphatic carbocycles. The molecule has 2 rings (SSSR count).